The molecule has 2 amide bonds. The first kappa shape index (κ1) is 18.5. The molecule has 0 bridgehead atoms. The quantitative estimate of drug-likeness (QED) is 0.826. The van der Waals surface area contributed by atoms with E-state index in [-0.39, 0.29) is 23.8 Å². The number of likely N-dealkylation sites (tertiary alicyclic amines) is 2. The first-order valence-corrected chi connectivity index (χ1v) is 9.77. The second kappa shape index (κ2) is 7.26. The molecule has 2 saturated heterocycles. The fraction of sp³-hybridized carbons (Fsp3) is 0.500. The van der Waals surface area contributed by atoms with Gasteiger partial charge in [0.15, 0.2) is 0 Å². The highest BCUT2D eigenvalue weighted by molar-refractivity contribution is 5.93. The van der Waals surface area contributed by atoms with Crippen LogP contribution in [0.3, 0.4) is 0 Å². The Morgan fingerprint density at radius 1 is 1.18 bits per heavy atom. The van der Waals surface area contributed by atoms with Crippen molar-refractivity contribution < 1.29 is 9.59 Å². The number of carbonyl (C=O) groups is 2. The molecule has 1 unspecified atom stereocenters. The van der Waals surface area contributed by atoms with Gasteiger partial charge in [0.1, 0.15) is 5.54 Å². The minimum absolute atomic E-state index is 0.00922. The van der Waals surface area contributed by atoms with Crippen molar-refractivity contribution in [1.82, 2.24) is 25.0 Å². The summed E-state index contributed by atoms with van der Waals surface area (Å²) < 4.78 is 0. The molecule has 2 aliphatic rings. The predicted octanol–water partition coefficient (Wildman–Crippen LogP) is 1.13. The second-order valence-corrected chi connectivity index (χ2v) is 7.69. The minimum Gasteiger partial charge on any atom is -0.335 e. The van der Waals surface area contributed by atoms with E-state index >= 15 is 0 Å². The molecule has 8 heteroatoms. The first-order chi connectivity index (χ1) is 13.5. The summed E-state index contributed by atoms with van der Waals surface area (Å²) in [5.74, 6) is -0.145. The van der Waals surface area contributed by atoms with Gasteiger partial charge in [-0.15, -0.1) is 0 Å². The van der Waals surface area contributed by atoms with Crippen LogP contribution in [0, 0.1) is 6.92 Å². The molecule has 148 valence electrons. The van der Waals surface area contributed by atoms with E-state index in [0.717, 1.165) is 18.5 Å². The maximum atomic E-state index is 13.4. The molecule has 0 aromatic carbocycles. The summed E-state index contributed by atoms with van der Waals surface area (Å²) >= 11 is 0. The average molecular weight is 383 g/mol. The van der Waals surface area contributed by atoms with Crippen molar-refractivity contribution in [3.63, 3.8) is 0 Å². The largest absolute Gasteiger partial charge is 0.335 e. The Bertz CT molecular complexity index is 935. The molecule has 0 aliphatic carbocycles. The SMILES string of the molecule is Cc1[nH][nH]c(=O)c1CC(=O)N1CCCC12CCCN(Cc1ccccn1)C2=O. The highest BCUT2D eigenvalue weighted by atomic mass is 16.2. The van der Waals surface area contributed by atoms with Gasteiger partial charge in [0.05, 0.1) is 18.7 Å². The van der Waals surface area contributed by atoms with Gasteiger partial charge in [0.25, 0.3) is 5.56 Å². The van der Waals surface area contributed by atoms with Crippen molar-refractivity contribution in [1.29, 1.82) is 0 Å². The lowest BCUT2D eigenvalue weighted by Gasteiger charge is -2.44. The first-order valence-electron chi connectivity index (χ1n) is 9.77. The molecule has 2 fully saturated rings. The average Bonchev–Trinajstić information content (AvgIpc) is 3.25. The van der Waals surface area contributed by atoms with Crippen LogP contribution in [0.4, 0.5) is 0 Å². The Balaban J connectivity index is 1.55. The van der Waals surface area contributed by atoms with Gasteiger partial charge in [-0.2, -0.15) is 0 Å². The number of aromatic amines is 2. The lowest BCUT2D eigenvalue weighted by atomic mass is 9.85. The Hall–Kier alpha value is -2.90. The number of aryl methyl sites for hydroxylation is 1. The minimum atomic E-state index is -0.777. The van der Waals surface area contributed by atoms with E-state index in [2.05, 4.69) is 15.2 Å². The van der Waals surface area contributed by atoms with Crippen LogP contribution in [0.5, 0.6) is 0 Å². The van der Waals surface area contributed by atoms with Crippen molar-refractivity contribution >= 4 is 11.8 Å². The number of hydrogen-bond acceptors (Lipinski definition) is 4. The summed E-state index contributed by atoms with van der Waals surface area (Å²) in [7, 11) is 0. The number of H-pyrrole nitrogens is 2. The third kappa shape index (κ3) is 3.12. The molecule has 1 atom stereocenters. The van der Waals surface area contributed by atoms with Crippen molar-refractivity contribution in [2.45, 2.75) is 51.1 Å². The second-order valence-electron chi connectivity index (χ2n) is 7.69. The van der Waals surface area contributed by atoms with E-state index in [9.17, 15) is 14.4 Å². The Morgan fingerprint density at radius 3 is 2.64 bits per heavy atom. The van der Waals surface area contributed by atoms with Crippen LogP contribution < -0.4 is 5.56 Å². The van der Waals surface area contributed by atoms with Gasteiger partial charge in [-0.3, -0.25) is 24.5 Å². The standard InChI is InChI=1S/C20H25N5O3/c1-14-16(18(27)23-22-14)12-17(26)25-11-5-8-20(25)7-4-10-24(19(20)28)13-15-6-2-3-9-21-15/h2-3,6,9H,4-5,7-8,10-13H2,1H3,(H2,22,23,27). The molecule has 8 nitrogen and oxygen atoms in total. The van der Waals surface area contributed by atoms with Gasteiger partial charge in [0.2, 0.25) is 11.8 Å². The summed E-state index contributed by atoms with van der Waals surface area (Å²) in [6.07, 6.45) is 4.75. The molecule has 0 radical (unpaired) electrons. The van der Waals surface area contributed by atoms with Crippen LogP contribution in [0.2, 0.25) is 0 Å². The van der Waals surface area contributed by atoms with Gasteiger partial charge in [0, 0.05) is 30.5 Å². The maximum absolute atomic E-state index is 13.4. The fourth-order valence-electron chi connectivity index (χ4n) is 4.56. The molecule has 28 heavy (non-hydrogen) atoms. The summed E-state index contributed by atoms with van der Waals surface area (Å²) in [5, 5.41) is 5.27. The van der Waals surface area contributed by atoms with Crippen LogP contribution in [0.1, 0.15) is 42.6 Å². The lowest BCUT2D eigenvalue weighted by Crippen LogP contribution is -2.61. The van der Waals surface area contributed by atoms with Crippen molar-refractivity contribution in [3.8, 4) is 0 Å². The lowest BCUT2D eigenvalue weighted by molar-refractivity contribution is -0.155. The number of nitrogens with zero attached hydrogens (tertiary/aromatic N) is 3. The Labute approximate surface area is 162 Å². The molecule has 2 aliphatic heterocycles. The Kier molecular flexibility index (Phi) is 4.78. The number of rotatable bonds is 4. The van der Waals surface area contributed by atoms with Crippen molar-refractivity contribution in [2.75, 3.05) is 13.1 Å². The summed E-state index contributed by atoms with van der Waals surface area (Å²) in [6.45, 7) is 3.46. The number of carbonyl (C=O) groups excluding carboxylic acids is 2. The van der Waals surface area contributed by atoms with E-state index in [1.807, 2.05) is 23.1 Å². The van der Waals surface area contributed by atoms with Gasteiger partial charge in [-0.25, -0.2) is 0 Å². The number of amides is 2. The highest BCUT2D eigenvalue weighted by Crippen LogP contribution is 2.39. The molecular weight excluding hydrogens is 358 g/mol. The van der Waals surface area contributed by atoms with E-state index in [1.54, 1.807) is 18.0 Å². The molecule has 2 N–H and O–H groups in total. The zero-order valence-electron chi connectivity index (χ0n) is 16.0. The number of pyridine rings is 1. The molecule has 2 aromatic heterocycles. The smallest absolute Gasteiger partial charge is 0.267 e. The normalized spacial score (nSPS) is 22.2. The van der Waals surface area contributed by atoms with Crippen LogP contribution in [-0.4, -0.2) is 55.4 Å². The van der Waals surface area contributed by atoms with Crippen LogP contribution in [0.25, 0.3) is 0 Å². The fourth-order valence-corrected chi connectivity index (χ4v) is 4.56. The van der Waals surface area contributed by atoms with E-state index in [4.69, 9.17) is 0 Å². The molecule has 4 heterocycles. The number of aromatic nitrogens is 3. The summed E-state index contributed by atoms with van der Waals surface area (Å²) in [5.41, 5.74) is 0.907. The van der Waals surface area contributed by atoms with Gasteiger partial charge in [-0.05, 0) is 44.7 Å². The van der Waals surface area contributed by atoms with Crippen LogP contribution in [0.15, 0.2) is 29.2 Å². The van der Waals surface area contributed by atoms with Crippen molar-refractivity contribution in [3.05, 3.63) is 51.7 Å². The molecular formula is C20H25N5O3. The topological polar surface area (TPSA) is 102 Å². The summed E-state index contributed by atoms with van der Waals surface area (Å²) in [4.78, 5) is 46.3. The Morgan fingerprint density at radius 2 is 1.96 bits per heavy atom. The van der Waals surface area contributed by atoms with Crippen molar-refractivity contribution in [2.24, 2.45) is 0 Å². The van der Waals surface area contributed by atoms with Crippen LogP contribution in [-0.2, 0) is 22.6 Å². The molecule has 0 saturated carbocycles. The zero-order valence-corrected chi connectivity index (χ0v) is 16.0. The van der Waals surface area contributed by atoms with E-state index in [0.29, 0.717) is 43.7 Å². The van der Waals surface area contributed by atoms with Crippen LogP contribution >= 0.6 is 0 Å². The predicted molar refractivity (Wildman–Crippen MR) is 102 cm³/mol. The molecule has 4 rings (SSSR count). The maximum Gasteiger partial charge on any atom is 0.267 e. The third-order valence-electron chi connectivity index (χ3n) is 5.99. The molecule has 2 aromatic rings. The van der Waals surface area contributed by atoms with E-state index in [1.165, 1.54) is 0 Å². The summed E-state index contributed by atoms with van der Waals surface area (Å²) in [6, 6.07) is 5.67. The highest BCUT2D eigenvalue weighted by Gasteiger charge is 2.52. The van der Waals surface area contributed by atoms with Gasteiger partial charge in [-0.1, -0.05) is 6.07 Å². The number of piperidine rings is 1. The third-order valence-corrected chi connectivity index (χ3v) is 5.99. The van der Waals surface area contributed by atoms with Gasteiger partial charge < -0.3 is 14.9 Å². The number of hydrogen-bond donors (Lipinski definition) is 2. The van der Waals surface area contributed by atoms with E-state index < -0.39 is 5.54 Å². The monoisotopic (exact) mass is 383 g/mol. The zero-order chi connectivity index (χ0) is 19.7. The number of nitrogens with one attached hydrogen (secondary N) is 2. The molecule has 1 spiro atoms. The van der Waals surface area contributed by atoms with Gasteiger partial charge >= 0.3 is 0 Å².